The van der Waals surface area contributed by atoms with Crippen molar-refractivity contribution in [2.75, 3.05) is 0 Å². The van der Waals surface area contributed by atoms with Gasteiger partial charge < -0.3 is 0 Å². The summed E-state index contributed by atoms with van der Waals surface area (Å²) >= 11 is 0. The zero-order chi connectivity index (χ0) is 15.1. The van der Waals surface area contributed by atoms with Crippen molar-refractivity contribution in [1.82, 2.24) is 0 Å². The Hall–Kier alpha value is -2.67. The minimum atomic E-state index is 0.115. The van der Waals surface area contributed by atoms with E-state index in [1.54, 1.807) is 0 Å². The molecule has 4 aromatic carbocycles. The highest BCUT2D eigenvalue weighted by Crippen LogP contribution is 2.30. The molecule has 106 valence electrons. The van der Waals surface area contributed by atoms with Gasteiger partial charge in [0.1, 0.15) is 0 Å². The molecular weight excluding hydrogens is 268 g/mol. The molecule has 0 saturated carbocycles. The van der Waals surface area contributed by atoms with Gasteiger partial charge in [-0.15, -0.1) is 0 Å². The summed E-state index contributed by atoms with van der Waals surface area (Å²) in [4.78, 5) is 13.0. The van der Waals surface area contributed by atoms with Crippen LogP contribution in [0.3, 0.4) is 0 Å². The Labute approximate surface area is 128 Å². The normalized spacial score (nSPS) is 11.3. The number of rotatable bonds is 1. The Morgan fingerprint density at radius 2 is 1.14 bits per heavy atom. The molecule has 0 atom stereocenters. The number of benzene rings is 3. The van der Waals surface area contributed by atoms with Crippen molar-refractivity contribution in [1.29, 1.82) is 0 Å². The first-order valence-corrected chi connectivity index (χ1v) is 7.66. The average molecular weight is 284 g/mol. The summed E-state index contributed by atoms with van der Waals surface area (Å²) in [6, 6.07) is 22.3. The van der Waals surface area contributed by atoms with Crippen LogP contribution < -0.4 is 5.43 Å². The van der Waals surface area contributed by atoms with Crippen LogP contribution in [-0.2, 0) is 6.42 Å². The topological polar surface area (TPSA) is 17.1 Å². The minimum Gasteiger partial charge on any atom is -0.289 e. The van der Waals surface area contributed by atoms with Crippen LogP contribution in [0.25, 0.3) is 32.3 Å². The number of aryl methyl sites for hydroxylation is 1. The fraction of sp³-hybridized carbons (Fsp3) is 0.0952. The molecule has 0 unspecified atom stereocenters. The Bertz CT molecular complexity index is 1080. The predicted molar refractivity (Wildman–Crippen MR) is 94.6 cm³/mol. The van der Waals surface area contributed by atoms with Crippen LogP contribution >= 0.6 is 0 Å². The maximum absolute atomic E-state index is 13.0. The Balaban J connectivity index is 2.52. The molecule has 1 nitrogen and oxygen atoms in total. The van der Waals surface area contributed by atoms with E-state index in [1.807, 2.05) is 36.4 Å². The third kappa shape index (κ3) is 1.75. The molecule has 0 fully saturated rings. The summed E-state index contributed by atoms with van der Waals surface area (Å²) < 4.78 is 0. The zero-order valence-corrected chi connectivity index (χ0v) is 12.5. The van der Waals surface area contributed by atoms with E-state index in [0.29, 0.717) is 0 Å². The van der Waals surface area contributed by atoms with Gasteiger partial charge >= 0.3 is 0 Å². The van der Waals surface area contributed by atoms with Crippen LogP contribution in [0, 0.1) is 0 Å². The maximum Gasteiger partial charge on any atom is 0.194 e. The van der Waals surface area contributed by atoms with Crippen LogP contribution in [-0.4, -0.2) is 0 Å². The molecule has 0 heterocycles. The van der Waals surface area contributed by atoms with Gasteiger partial charge in [0.25, 0.3) is 0 Å². The second-order valence-electron chi connectivity index (χ2n) is 5.61. The standard InChI is InChI=1S/C21H16O/c1-2-14-8-7-13-16-15-9-3-5-11-18(15)21(22)19-12-6-4-10-17(19)20(14)16/h3-13H,2H2,1H3. The molecule has 0 aromatic heterocycles. The SMILES string of the molecule is CCc1cccc2c3ccccc3c(=O)c3ccccc3c12. The van der Waals surface area contributed by atoms with E-state index in [9.17, 15) is 4.79 Å². The van der Waals surface area contributed by atoms with Crippen molar-refractivity contribution < 1.29 is 0 Å². The molecule has 0 radical (unpaired) electrons. The smallest absolute Gasteiger partial charge is 0.194 e. The Morgan fingerprint density at radius 1 is 0.636 bits per heavy atom. The number of hydrogen-bond donors (Lipinski definition) is 0. The van der Waals surface area contributed by atoms with Crippen molar-refractivity contribution in [3.63, 3.8) is 0 Å². The quantitative estimate of drug-likeness (QED) is 0.477. The molecule has 0 bridgehead atoms. The van der Waals surface area contributed by atoms with Crippen molar-refractivity contribution in [3.05, 3.63) is 82.5 Å². The van der Waals surface area contributed by atoms with E-state index < -0.39 is 0 Å². The second-order valence-corrected chi connectivity index (χ2v) is 5.61. The predicted octanol–water partition coefficient (Wildman–Crippen LogP) is 5.07. The highest BCUT2D eigenvalue weighted by atomic mass is 16.1. The molecule has 22 heavy (non-hydrogen) atoms. The minimum absolute atomic E-state index is 0.115. The second kappa shape index (κ2) is 4.96. The lowest BCUT2D eigenvalue weighted by molar-refractivity contribution is 1.16. The highest BCUT2D eigenvalue weighted by Gasteiger charge is 2.10. The molecule has 0 aliphatic heterocycles. The van der Waals surface area contributed by atoms with Crippen LogP contribution in [0.1, 0.15) is 12.5 Å². The van der Waals surface area contributed by atoms with Gasteiger partial charge in [-0.2, -0.15) is 0 Å². The first-order chi connectivity index (χ1) is 10.8. The maximum atomic E-state index is 13.0. The van der Waals surface area contributed by atoms with Crippen molar-refractivity contribution in [2.24, 2.45) is 0 Å². The summed E-state index contributed by atoms with van der Waals surface area (Å²) in [7, 11) is 0. The van der Waals surface area contributed by atoms with E-state index in [4.69, 9.17) is 0 Å². The van der Waals surface area contributed by atoms with Crippen molar-refractivity contribution in [3.8, 4) is 0 Å². The fourth-order valence-corrected chi connectivity index (χ4v) is 3.40. The number of fused-ring (bicyclic) bond motifs is 5. The monoisotopic (exact) mass is 284 g/mol. The summed E-state index contributed by atoms with van der Waals surface area (Å²) in [5, 5.41) is 6.05. The van der Waals surface area contributed by atoms with Gasteiger partial charge in [-0.05, 0) is 33.5 Å². The molecule has 1 heteroatoms. The van der Waals surface area contributed by atoms with Gasteiger partial charge in [0.05, 0.1) is 0 Å². The highest BCUT2D eigenvalue weighted by molar-refractivity contribution is 6.18. The number of hydrogen-bond acceptors (Lipinski definition) is 1. The lowest BCUT2D eigenvalue weighted by Crippen LogP contribution is -1.97. The summed E-state index contributed by atoms with van der Waals surface area (Å²) in [5.74, 6) is 0. The summed E-state index contributed by atoms with van der Waals surface area (Å²) in [5.41, 5.74) is 1.40. The van der Waals surface area contributed by atoms with Gasteiger partial charge in [0, 0.05) is 10.8 Å². The molecule has 4 aromatic rings. The van der Waals surface area contributed by atoms with E-state index >= 15 is 0 Å². The van der Waals surface area contributed by atoms with Crippen LogP contribution in [0.2, 0.25) is 0 Å². The molecule has 0 aliphatic rings. The first-order valence-electron chi connectivity index (χ1n) is 7.66. The molecule has 0 spiro atoms. The van der Waals surface area contributed by atoms with Crippen LogP contribution in [0.4, 0.5) is 0 Å². The summed E-state index contributed by atoms with van der Waals surface area (Å²) in [6.45, 7) is 2.16. The molecule has 0 amide bonds. The third-order valence-electron chi connectivity index (χ3n) is 4.43. The molecule has 0 saturated heterocycles. The molecule has 0 aliphatic carbocycles. The Kier molecular flexibility index (Phi) is 2.93. The van der Waals surface area contributed by atoms with Crippen LogP contribution in [0.5, 0.6) is 0 Å². The Morgan fingerprint density at radius 3 is 1.82 bits per heavy atom. The van der Waals surface area contributed by atoms with E-state index in [2.05, 4.69) is 37.3 Å². The van der Waals surface area contributed by atoms with E-state index in [-0.39, 0.29) is 5.43 Å². The molecule has 4 rings (SSSR count). The van der Waals surface area contributed by atoms with Crippen molar-refractivity contribution in [2.45, 2.75) is 13.3 Å². The first kappa shape index (κ1) is 13.0. The zero-order valence-electron chi connectivity index (χ0n) is 12.5. The van der Waals surface area contributed by atoms with E-state index in [1.165, 1.54) is 10.9 Å². The van der Waals surface area contributed by atoms with Gasteiger partial charge in [-0.3, -0.25) is 4.79 Å². The van der Waals surface area contributed by atoms with Crippen LogP contribution in [0.15, 0.2) is 71.5 Å². The largest absolute Gasteiger partial charge is 0.289 e. The van der Waals surface area contributed by atoms with E-state index in [0.717, 1.165) is 33.4 Å². The third-order valence-corrected chi connectivity index (χ3v) is 4.43. The van der Waals surface area contributed by atoms with Gasteiger partial charge in [-0.25, -0.2) is 0 Å². The van der Waals surface area contributed by atoms with Gasteiger partial charge in [0.2, 0.25) is 0 Å². The fourth-order valence-electron chi connectivity index (χ4n) is 3.40. The van der Waals surface area contributed by atoms with Gasteiger partial charge in [-0.1, -0.05) is 73.7 Å². The lowest BCUT2D eigenvalue weighted by atomic mass is 9.99. The van der Waals surface area contributed by atoms with Crippen molar-refractivity contribution >= 4 is 32.3 Å². The molecule has 0 N–H and O–H groups in total. The molecular formula is C21H16O. The average Bonchev–Trinajstić information content (AvgIpc) is 2.70. The van der Waals surface area contributed by atoms with Gasteiger partial charge in [0.15, 0.2) is 5.43 Å². The lowest BCUT2D eigenvalue weighted by Gasteiger charge is -2.05. The summed E-state index contributed by atoms with van der Waals surface area (Å²) in [6.07, 6.45) is 0.952.